The zero-order valence-electron chi connectivity index (χ0n) is 8.97. The van der Waals surface area contributed by atoms with Gasteiger partial charge in [0.2, 0.25) is 0 Å². The molecule has 2 aromatic heterocycles. The van der Waals surface area contributed by atoms with Gasteiger partial charge in [0.15, 0.2) is 0 Å². The second-order valence-electron chi connectivity index (χ2n) is 3.58. The SMILES string of the molecule is CCCc1c(C(=O)O)cnc2cccnc12. The highest BCUT2D eigenvalue weighted by molar-refractivity contribution is 5.94. The molecule has 0 bridgehead atoms. The van der Waals surface area contributed by atoms with Crippen molar-refractivity contribution >= 4 is 17.0 Å². The second kappa shape index (κ2) is 4.26. The summed E-state index contributed by atoms with van der Waals surface area (Å²) in [5.74, 6) is -0.941. The third-order valence-electron chi connectivity index (χ3n) is 2.46. The average molecular weight is 216 g/mol. The van der Waals surface area contributed by atoms with Gasteiger partial charge in [0, 0.05) is 12.4 Å². The van der Waals surface area contributed by atoms with Gasteiger partial charge in [-0.05, 0) is 24.1 Å². The Bertz CT molecular complexity index is 538. The van der Waals surface area contributed by atoms with Crippen LogP contribution in [0.4, 0.5) is 0 Å². The fourth-order valence-corrected chi connectivity index (χ4v) is 1.76. The van der Waals surface area contributed by atoms with Crippen molar-refractivity contribution in [2.75, 3.05) is 0 Å². The normalized spacial score (nSPS) is 10.6. The number of carbonyl (C=O) groups is 1. The molecule has 2 heterocycles. The second-order valence-corrected chi connectivity index (χ2v) is 3.58. The number of nitrogens with zero attached hydrogens (tertiary/aromatic N) is 2. The molecular formula is C12H12N2O2. The Hall–Kier alpha value is -1.97. The Morgan fingerprint density at radius 2 is 2.25 bits per heavy atom. The number of rotatable bonds is 3. The first kappa shape index (κ1) is 10.5. The fourth-order valence-electron chi connectivity index (χ4n) is 1.76. The molecule has 0 saturated carbocycles. The van der Waals surface area contributed by atoms with Gasteiger partial charge in [0.25, 0.3) is 0 Å². The molecule has 0 radical (unpaired) electrons. The predicted molar refractivity (Wildman–Crippen MR) is 60.5 cm³/mol. The van der Waals surface area contributed by atoms with Crippen LogP contribution in [-0.2, 0) is 6.42 Å². The van der Waals surface area contributed by atoms with Crippen LogP contribution in [0.5, 0.6) is 0 Å². The van der Waals surface area contributed by atoms with E-state index in [0.717, 1.165) is 17.5 Å². The molecule has 4 nitrogen and oxygen atoms in total. The number of carboxylic acids is 1. The topological polar surface area (TPSA) is 63.1 Å². The Kier molecular flexibility index (Phi) is 2.81. The molecule has 0 aliphatic heterocycles. The number of aromatic carboxylic acids is 1. The number of aromatic nitrogens is 2. The van der Waals surface area contributed by atoms with E-state index in [-0.39, 0.29) is 5.56 Å². The summed E-state index contributed by atoms with van der Waals surface area (Å²) in [4.78, 5) is 19.4. The Morgan fingerprint density at radius 3 is 2.94 bits per heavy atom. The van der Waals surface area contributed by atoms with Crippen molar-refractivity contribution in [2.24, 2.45) is 0 Å². The van der Waals surface area contributed by atoms with Crippen molar-refractivity contribution in [2.45, 2.75) is 19.8 Å². The number of hydrogen-bond donors (Lipinski definition) is 1. The van der Waals surface area contributed by atoms with Crippen molar-refractivity contribution in [3.8, 4) is 0 Å². The van der Waals surface area contributed by atoms with Gasteiger partial charge in [-0.15, -0.1) is 0 Å². The Morgan fingerprint density at radius 1 is 1.44 bits per heavy atom. The van der Waals surface area contributed by atoms with Crippen LogP contribution in [0.1, 0.15) is 29.3 Å². The number of fused-ring (bicyclic) bond motifs is 1. The largest absolute Gasteiger partial charge is 0.478 e. The summed E-state index contributed by atoms with van der Waals surface area (Å²) in [6, 6.07) is 3.64. The van der Waals surface area contributed by atoms with Crippen LogP contribution in [0.15, 0.2) is 24.5 Å². The zero-order valence-corrected chi connectivity index (χ0v) is 8.97. The molecule has 0 saturated heterocycles. The maximum Gasteiger partial charge on any atom is 0.337 e. The van der Waals surface area contributed by atoms with Crippen LogP contribution in [0, 0.1) is 0 Å². The lowest BCUT2D eigenvalue weighted by atomic mass is 10.0. The highest BCUT2D eigenvalue weighted by Gasteiger charge is 2.14. The summed E-state index contributed by atoms with van der Waals surface area (Å²) >= 11 is 0. The van der Waals surface area contributed by atoms with Gasteiger partial charge < -0.3 is 5.11 Å². The number of hydrogen-bond acceptors (Lipinski definition) is 3. The molecule has 0 atom stereocenters. The van der Waals surface area contributed by atoms with Crippen LogP contribution < -0.4 is 0 Å². The van der Waals surface area contributed by atoms with Crippen LogP contribution in [0.3, 0.4) is 0 Å². The average Bonchev–Trinajstić information content (AvgIpc) is 2.29. The smallest absolute Gasteiger partial charge is 0.337 e. The van der Waals surface area contributed by atoms with Gasteiger partial charge in [0.1, 0.15) is 0 Å². The minimum Gasteiger partial charge on any atom is -0.478 e. The number of pyridine rings is 2. The predicted octanol–water partition coefficient (Wildman–Crippen LogP) is 2.28. The first-order valence-electron chi connectivity index (χ1n) is 5.20. The lowest BCUT2D eigenvalue weighted by Crippen LogP contribution is -2.05. The van der Waals surface area contributed by atoms with Crippen molar-refractivity contribution in [3.05, 3.63) is 35.7 Å². The maximum atomic E-state index is 11.1. The molecule has 82 valence electrons. The Labute approximate surface area is 93.0 Å². The van der Waals surface area contributed by atoms with E-state index in [1.54, 1.807) is 12.3 Å². The molecule has 4 heteroatoms. The van der Waals surface area contributed by atoms with Crippen LogP contribution in [-0.4, -0.2) is 21.0 Å². The lowest BCUT2D eigenvalue weighted by molar-refractivity contribution is 0.0695. The molecule has 1 N–H and O–H groups in total. The van der Waals surface area contributed by atoms with Crippen molar-refractivity contribution < 1.29 is 9.90 Å². The molecule has 16 heavy (non-hydrogen) atoms. The summed E-state index contributed by atoms with van der Waals surface area (Å²) in [6.07, 6.45) is 4.67. The molecule has 0 amide bonds. The van der Waals surface area contributed by atoms with E-state index in [4.69, 9.17) is 5.11 Å². The minimum absolute atomic E-state index is 0.257. The molecule has 0 aliphatic rings. The molecule has 2 aromatic rings. The first-order valence-corrected chi connectivity index (χ1v) is 5.20. The summed E-state index contributed by atoms with van der Waals surface area (Å²) < 4.78 is 0. The van der Waals surface area contributed by atoms with E-state index in [1.165, 1.54) is 6.20 Å². The van der Waals surface area contributed by atoms with E-state index in [0.29, 0.717) is 11.9 Å². The van der Waals surface area contributed by atoms with Crippen molar-refractivity contribution in [1.82, 2.24) is 9.97 Å². The van der Waals surface area contributed by atoms with E-state index in [2.05, 4.69) is 9.97 Å². The first-order chi connectivity index (χ1) is 7.74. The maximum absolute atomic E-state index is 11.1. The van der Waals surface area contributed by atoms with E-state index < -0.39 is 5.97 Å². The molecule has 0 unspecified atom stereocenters. The van der Waals surface area contributed by atoms with Crippen LogP contribution >= 0.6 is 0 Å². The van der Waals surface area contributed by atoms with Crippen LogP contribution in [0.25, 0.3) is 11.0 Å². The van der Waals surface area contributed by atoms with Crippen molar-refractivity contribution in [1.29, 1.82) is 0 Å². The molecule has 0 aliphatic carbocycles. The summed E-state index contributed by atoms with van der Waals surface area (Å²) in [5, 5.41) is 9.08. The van der Waals surface area contributed by atoms with Gasteiger partial charge in [-0.3, -0.25) is 9.97 Å². The molecule has 0 spiro atoms. The third kappa shape index (κ3) is 1.74. The lowest BCUT2D eigenvalue weighted by Gasteiger charge is -2.07. The van der Waals surface area contributed by atoms with Gasteiger partial charge in [0.05, 0.1) is 16.6 Å². The molecular weight excluding hydrogens is 204 g/mol. The zero-order chi connectivity index (χ0) is 11.5. The summed E-state index contributed by atoms with van der Waals surface area (Å²) in [7, 11) is 0. The summed E-state index contributed by atoms with van der Waals surface area (Å²) in [5.41, 5.74) is 2.48. The van der Waals surface area contributed by atoms with Gasteiger partial charge >= 0.3 is 5.97 Å². The minimum atomic E-state index is -0.941. The van der Waals surface area contributed by atoms with E-state index in [9.17, 15) is 4.79 Å². The standard InChI is InChI=1S/C12H12N2O2/c1-2-4-8-9(12(15)16)7-14-10-5-3-6-13-11(8)10/h3,5-7H,2,4H2,1H3,(H,15,16). The molecule has 0 aromatic carbocycles. The van der Waals surface area contributed by atoms with Gasteiger partial charge in [-0.2, -0.15) is 0 Å². The molecule has 0 fully saturated rings. The fraction of sp³-hybridized carbons (Fsp3) is 0.250. The summed E-state index contributed by atoms with van der Waals surface area (Å²) in [6.45, 7) is 2.01. The molecule has 2 rings (SSSR count). The highest BCUT2D eigenvalue weighted by Crippen LogP contribution is 2.19. The van der Waals surface area contributed by atoms with E-state index >= 15 is 0 Å². The number of carboxylic acid groups (broad SMARTS) is 1. The monoisotopic (exact) mass is 216 g/mol. The highest BCUT2D eigenvalue weighted by atomic mass is 16.4. The quantitative estimate of drug-likeness (QED) is 0.854. The third-order valence-corrected chi connectivity index (χ3v) is 2.46. The number of aryl methyl sites for hydroxylation is 1. The van der Waals surface area contributed by atoms with Crippen LogP contribution in [0.2, 0.25) is 0 Å². The van der Waals surface area contributed by atoms with Gasteiger partial charge in [-0.25, -0.2) is 4.79 Å². The van der Waals surface area contributed by atoms with Gasteiger partial charge in [-0.1, -0.05) is 13.3 Å². The van der Waals surface area contributed by atoms with E-state index in [1.807, 2.05) is 13.0 Å². The Balaban J connectivity index is 2.73. The van der Waals surface area contributed by atoms with Crippen molar-refractivity contribution in [3.63, 3.8) is 0 Å².